The number of benzene rings is 4. The highest BCUT2D eigenvalue weighted by molar-refractivity contribution is 7.92. The number of nitrogens with one attached hydrogen (secondary N) is 2. The molecule has 0 aliphatic heterocycles. The highest BCUT2D eigenvalue weighted by Gasteiger charge is 2.28. The maximum absolute atomic E-state index is 14.5. The molecule has 0 unspecified atom stereocenters. The molecule has 0 spiro atoms. The van der Waals surface area contributed by atoms with Gasteiger partial charge in [0, 0.05) is 48.8 Å². The number of nitrogens with zero attached hydrogens (tertiary/aromatic N) is 1. The van der Waals surface area contributed by atoms with Gasteiger partial charge in [0.05, 0.1) is 24.6 Å². The van der Waals surface area contributed by atoms with Gasteiger partial charge in [-0.25, -0.2) is 21.6 Å². The minimum absolute atomic E-state index is 0.0558. The minimum atomic E-state index is -3.79. The van der Waals surface area contributed by atoms with Gasteiger partial charge in [-0.2, -0.15) is 4.98 Å². The van der Waals surface area contributed by atoms with Gasteiger partial charge in [0.25, 0.3) is 11.4 Å². The minimum Gasteiger partial charge on any atom is -0.496 e. The van der Waals surface area contributed by atoms with Crippen LogP contribution in [-0.2, 0) is 10.0 Å². The van der Waals surface area contributed by atoms with E-state index in [0.29, 0.717) is 39.5 Å². The number of halogens is 3. The van der Waals surface area contributed by atoms with E-state index in [1.165, 1.54) is 51.5 Å². The van der Waals surface area contributed by atoms with E-state index < -0.39 is 33.4 Å². The summed E-state index contributed by atoms with van der Waals surface area (Å²) in [6, 6.07) is 15.2. The van der Waals surface area contributed by atoms with Crippen molar-refractivity contribution in [2.24, 2.45) is 0 Å². The van der Waals surface area contributed by atoms with Crippen molar-refractivity contribution in [2.75, 3.05) is 31.8 Å². The summed E-state index contributed by atoms with van der Waals surface area (Å²) in [5.41, 5.74) is 2.06. The summed E-state index contributed by atoms with van der Waals surface area (Å²) < 4.78 is 86.0. The molecule has 0 bridgehead atoms. The van der Waals surface area contributed by atoms with Crippen molar-refractivity contribution in [1.29, 1.82) is 0 Å². The van der Waals surface area contributed by atoms with E-state index in [4.69, 9.17) is 13.6 Å². The molecule has 1 amide bonds. The number of ether oxygens (including phenoxy) is 1. The molecule has 230 valence electrons. The van der Waals surface area contributed by atoms with Gasteiger partial charge >= 0.3 is 5.89 Å². The monoisotopic (exact) mass is 636 g/mol. The average molecular weight is 637 g/mol. The van der Waals surface area contributed by atoms with Gasteiger partial charge in [-0.15, -0.1) is 0 Å². The largest absolute Gasteiger partial charge is 0.496 e. The van der Waals surface area contributed by atoms with Gasteiger partial charge in [-0.3, -0.25) is 9.10 Å². The number of hydrogen-bond acceptors (Lipinski definition) is 6. The molecule has 0 saturated carbocycles. The summed E-state index contributed by atoms with van der Waals surface area (Å²) in [4.78, 5) is 16.1. The van der Waals surface area contributed by atoms with Gasteiger partial charge in [0.1, 0.15) is 34.3 Å². The molecule has 9 nitrogen and oxygen atoms in total. The summed E-state index contributed by atoms with van der Waals surface area (Å²) in [7, 11) is 0.460. The Balaban J connectivity index is 1.64. The predicted molar refractivity (Wildman–Crippen MR) is 162 cm³/mol. The first-order chi connectivity index (χ1) is 21.4. The lowest BCUT2D eigenvalue weighted by Crippen LogP contribution is -2.25. The van der Waals surface area contributed by atoms with Crippen LogP contribution in [0.5, 0.6) is 5.75 Å². The molecule has 13 heteroatoms. The number of H-pyrrole nitrogens is 1. The first kappa shape index (κ1) is 29.8. The standard InChI is InChI=1S/C32H24F3N3O6S/c1-36-31(39)28-21-14-20(25(38(2)45(4,40)41)15-27(21)43-29(28)16-5-8-18(33)9-6-16)17-7-10-26(42-3)22(11-17)32-37-24-13-19(34)12-23(35)30(24)44-32/h5-15H,1-4H3,(H,36,39)/p+1. The average Bonchev–Trinajstić information content (AvgIpc) is 3.61. The number of carbonyl (C=O) groups is 1. The summed E-state index contributed by atoms with van der Waals surface area (Å²) in [5.74, 6) is -2.11. The Morgan fingerprint density at radius 1 is 0.911 bits per heavy atom. The number of rotatable bonds is 7. The fraction of sp³-hybridized carbons (Fsp3) is 0.125. The molecule has 0 aliphatic carbocycles. The van der Waals surface area contributed by atoms with Crippen molar-refractivity contribution >= 4 is 43.7 Å². The lowest BCUT2D eigenvalue weighted by atomic mass is 9.97. The third-order valence-electron chi connectivity index (χ3n) is 7.42. The van der Waals surface area contributed by atoms with Crippen molar-refractivity contribution in [2.45, 2.75) is 0 Å². The van der Waals surface area contributed by atoms with Crippen LogP contribution < -0.4 is 19.3 Å². The molecular weight excluding hydrogens is 611 g/mol. The molecular formula is C32H25F3N3O6S+. The number of aromatic amines is 1. The molecule has 0 fully saturated rings. The van der Waals surface area contributed by atoms with E-state index in [1.807, 2.05) is 0 Å². The molecule has 45 heavy (non-hydrogen) atoms. The third-order valence-corrected chi connectivity index (χ3v) is 8.61. The first-order valence-electron chi connectivity index (χ1n) is 13.4. The number of carbonyl (C=O) groups excluding carboxylic acids is 1. The molecule has 4 aromatic carbocycles. The molecule has 0 saturated heterocycles. The maximum Gasteiger partial charge on any atom is 0.383 e. The summed E-state index contributed by atoms with van der Waals surface area (Å²) in [6.07, 6.45) is 1.04. The molecule has 0 aliphatic rings. The van der Waals surface area contributed by atoms with Crippen LogP contribution in [0.2, 0.25) is 0 Å². The van der Waals surface area contributed by atoms with Gasteiger partial charge in [0.15, 0.2) is 5.82 Å². The van der Waals surface area contributed by atoms with Crippen LogP contribution >= 0.6 is 0 Å². The van der Waals surface area contributed by atoms with Gasteiger partial charge in [-0.1, -0.05) is 6.07 Å². The van der Waals surface area contributed by atoms with E-state index in [2.05, 4.69) is 10.3 Å². The number of hydrogen-bond donors (Lipinski definition) is 1. The Labute approximate surface area is 254 Å². The number of amides is 1. The van der Waals surface area contributed by atoms with Crippen molar-refractivity contribution in [3.63, 3.8) is 0 Å². The molecule has 2 heterocycles. The Kier molecular flexibility index (Phi) is 7.28. The SMILES string of the molecule is CNC(=O)c1c(-c2ccc(F)cc2)oc2cc(N(C)S(C)(=O)=O)c(-c3ccc(OC)c(-c4[nH+]c5cc(F)cc(F)c5o4)c3)cc12. The van der Waals surface area contributed by atoms with E-state index in [1.54, 1.807) is 24.3 Å². The van der Waals surface area contributed by atoms with Crippen LogP contribution in [-0.4, -0.2) is 41.8 Å². The Morgan fingerprint density at radius 2 is 1.62 bits per heavy atom. The Bertz CT molecular complexity index is 2250. The predicted octanol–water partition coefficient (Wildman–Crippen LogP) is 6.18. The lowest BCUT2D eigenvalue weighted by molar-refractivity contribution is -0.338. The number of sulfonamides is 1. The highest BCUT2D eigenvalue weighted by atomic mass is 32.2. The number of fused-ring (bicyclic) bond motifs is 2. The zero-order valence-corrected chi connectivity index (χ0v) is 25.1. The maximum atomic E-state index is 14.5. The molecule has 2 N–H and O–H groups in total. The summed E-state index contributed by atoms with van der Waals surface area (Å²) in [5, 5.41) is 2.96. The van der Waals surface area contributed by atoms with E-state index in [9.17, 15) is 26.4 Å². The summed E-state index contributed by atoms with van der Waals surface area (Å²) >= 11 is 0. The fourth-order valence-corrected chi connectivity index (χ4v) is 5.65. The number of anilines is 1. The second-order valence-electron chi connectivity index (χ2n) is 10.2. The van der Waals surface area contributed by atoms with Crippen LogP contribution in [0.1, 0.15) is 10.4 Å². The van der Waals surface area contributed by atoms with Crippen molar-refractivity contribution < 1.29 is 44.9 Å². The van der Waals surface area contributed by atoms with Gasteiger partial charge in [-0.05, 0) is 48.0 Å². The molecule has 6 aromatic rings. The zero-order chi connectivity index (χ0) is 32.2. The van der Waals surface area contributed by atoms with Crippen molar-refractivity contribution in [3.05, 3.63) is 89.7 Å². The molecule has 6 rings (SSSR count). The van der Waals surface area contributed by atoms with Crippen molar-refractivity contribution in [3.8, 4) is 39.7 Å². The van der Waals surface area contributed by atoms with E-state index >= 15 is 0 Å². The van der Waals surface area contributed by atoms with E-state index in [0.717, 1.165) is 16.6 Å². The van der Waals surface area contributed by atoms with Gasteiger partial charge in [0.2, 0.25) is 15.6 Å². The number of furan rings is 1. The third kappa shape index (κ3) is 5.24. The molecule has 0 atom stereocenters. The van der Waals surface area contributed by atoms with Crippen LogP contribution in [0.15, 0.2) is 75.6 Å². The van der Waals surface area contributed by atoms with Crippen molar-refractivity contribution in [1.82, 2.24) is 5.32 Å². The zero-order valence-electron chi connectivity index (χ0n) is 24.3. The normalized spacial score (nSPS) is 11.7. The Hall–Kier alpha value is -5.30. The molecule has 2 aromatic heterocycles. The first-order valence-corrected chi connectivity index (χ1v) is 15.3. The van der Waals surface area contributed by atoms with Crippen LogP contribution in [0, 0.1) is 17.5 Å². The van der Waals surface area contributed by atoms with E-state index in [-0.39, 0.29) is 39.6 Å². The van der Waals surface area contributed by atoms with Gasteiger partial charge < -0.3 is 18.9 Å². The number of oxazole rings is 1. The quantitative estimate of drug-likeness (QED) is 0.224. The summed E-state index contributed by atoms with van der Waals surface area (Å²) in [6.45, 7) is 0. The van der Waals surface area contributed by atoms with Crippen LogP contribution in [0.25, 0.3) is 56.0 Å². The number of methoxy groups -OCH3 is 1. The second kappa shape index (κ2) is 11.0. The lowest BCUT2D eigenvalue weighted by Gasteiger charge is -2.21. The highest BCUT2D eigenvalue weighted by Crippen LogP contribution is 2.43. The smallest absolute Gasteiger partial charge is 0.383 e. The Morgan fingerprint density at radius 3 is 2.29 bits per heavy atom. The van der Waals surface area contributed by atoms with Crippen LogP contribution in [0.3, 0.4) is 0 Å². The fourth-order valence-electron chi connectivity index (χ4n) is 5.14. The second-order valence-corrected chi connectivity index (χ2v) is 12.2. The number of aromatic nitrogens is 1. The van der Waals surface area contributed by atoms with Crippen LogP contribution in [0.4, 0.5) is 18.9 Å². The molecule has 0 radical (unpaired) electrons. The topological polar surface area (TPSA) is 116 Å².